The molecule has 0 saturated carbocycles. The highest BCUT2D eigenvalue weighted by Crippen LogP contribution is 2.24. The molecule has 2 aromatic rings. The topological polar surface area (TPSA) is 30.0 Å². The Kier molecular flexibility index (Phi) is 3.66. The number of benzene rings is 1. The average Bonchev–Trinajstić information content (AvgIpc) is 2.35. The lowest BCUT2D eigenvalue weighted by Crippen LogP contribution is -2.04. The van der Waals surface area contributed by atoms with Crippen molar-refractivity contribution in [2.75, 3.05) is 0 Å². The van der Waals surface area contributed by atoms with Gasteiger partial charge in [0.05, 0.1) is 5.56 Å². The number of pyridine rings is 1. The third-order valence-electron chi connectivity index (χ3n) is 2.06. The summed E-state index contributed by atoms with van der Waals surface area (Å²) < 4.78 is 39.0. The third-order valence-corrected chi connectivity index (χ3v) is 2.97. The number of hydrogen-bond donors (Lipinski definition) is 0. The van der Waals surface area contributed by atoms with E-state index in [1.54, 1.807) is 30.3 Å². The number of aromatic nitrogens is 1. The van der Waals surface area contributed by atoms with Gasteiger partial charge in [-0.25, -0.2) is 4.39 Å². The van der Waals surface area contributed by atoms with Crippen molar-refractivity contribution in [3.8, 4) is 0 Å². The molecule has 0 unspecified atom stereocenters. The molecule has 0 amide bonds. The maximum atomic E-state index is 13.3. The monoisotopic (exact) mass is 269 g/mol. The van der Waals surface area contributed by atoms with Crippen molar-refractivity contribution >= 4 is 16.9 Å². The van der Waals surface area contributed by atoms with E-state index in [0.29, 0.717) is 22.7 Å². The molecule has 0 aliphatic carbocycles. The maximum absolute atomic E-state index is 13.3. The Hall–Kier alpha value is -1.82. The number of hydrogen-bond acceptors (Lipinski definition) is 3. The van der Waals surface area contributed by atoms with Crippen LogP contribution in [0.3, 0.4) is 0 Å². The van der Waals surface area contributed by atoms with Crippen LogP contribution in [0.15, 0.2) is 41.3 Å². The van der Waals surface area contributed by atoms with Crippen LogP contribution in [-0.4, -0.2) is 10.1 Å². The molecule has 0 aliphatic rings. The minimum absolute atomic E-state index is 0.555. The Morgan fingerprint density at radius 3 is 2.44 bits per heavy atom. The quantitative estimate of drug-likeness (QED) is 0.618. The highest BCUT2D eigenvalue weighted by molar-refractivity contribution is 8.14. The fourth-order valence-corrected chi connectivity index (χ4v) is 2.03. The van der Waals surface area contributed by atoms with Crippen LogP contribution in [0.4, 0.5) is 13.2 Å². The predicted molar refractivity (Wildman–Crippen MR) is 60.7 cm³/mol. The predicted octanol–water partition coefficient (Wildman–Crippen LogP) is 3.43. The molecule has 18 heavy (non-hydrogen) atoms. The number of rotatable bonds is 2. The molecule has 0 fully saturated rings. The van der Waals surface area contributed by atoms with Gasteiger partial charge in [0.2, 0.25) is 11.1 Å². The summed E-state index contributed by atoms with van der Waals surface area (Å²) in [6, 6.07) is 8.99. The minimum atomic E-state index is -1.62. The second-order valence-corrected chi connectivity index (χ2v) is 4.35. The summed E-state index contributed by atoms with van der Waals surface area (Å²) in [4.78, 5) is 14.9. The van der Waals surface area contributed by atoms with Crippen LogP contribution < -0.4 is 0 Å². The van der Waals surface area contributed by atoms with Crippen LogP contribution in [0.1, 0.15) is 10.4 Å². The molecule has 2 nitrogen and oxygen atoms in total. The Morgan fingerprint density at radius 1 is 1.11 bits per heavy atom. The number of nitrogens with zero attached hydrogens (tertiary/aromatic N) is 1. The molecule has 0 saturated heterocycles. The van der Waals surface area contributed by atoms with Crippen molar-refractivity contribution < 1.29 is 18.0 Å². The first kappa shape index (κ1) is 12.6. The zero-order valence-corrected chi connectivity index (χ0v) is 9.68. The normalized spacial score (nSPS) is 10.4. The average molecular weight is 269 g/mol. The van der Waals surface area contributed by atoms with Crippen LogP contribution in [0.5, 0.6) is 0 Å². The fourth-order valence-electron chi connectivity index (χ4n) is 1.27. The van der Waals surface area contributed by atoms with E-state index in [4.69, 9.17) is 0 Å². The summed E-state index contributed by atoms with van der Waals surface area (Å²) in [5.41, 5.74) is -0.658. The SMILES string of the molecule is O=C(Sc1ccccc1)c1cc(F)nc(F)c1F. The molecule has 6 heteroatoms. The van der Waals surface area contributed by atoms with E-state index >= 15 is 0 Å². The van der Waals surface area contributed by atoms with Gasteiger partial charge < -0.3 is 0 Å². The molecule has 0 radical (unpaired) electrons. The van der Waals surface area contributed by atoms with Crippen molar-refractivity contribution in [3.05, 3.63) is 59.7 Å². The standard InChI is InChI=1S/C12H6F3NOS/c13-9-6-8(10(14)11(15)16-9)12(17)18-7-4-2-1-3-5-7/h1-6H. The zero-order chi connectivity index (χ0) is 13.1. The molecule has 2 rings (SSSR count). The van der Waals surface area contributed by atoms with E-state index in [2.05, 4.69) is 4.98 Å². The summed E-state index contributed by atoms with van der Waals surface area (Å²) in [5.74, 6) is -4.29. The van der Waals surface area contributed by atoms with Gasteiger partial charge in [-0.3, -0.25) is 4.79 Å². The molecule has 0 N–H and O–H groups in total. The summed E-state index contributed by atoms with van der Waals surface area (Å²) in [7, 11) is 0. The summed E-state index contributed by atoms with van der Waals surface area (Å²) in [6.07, 6.45) is 0. The van der Waals surface area contributed by atoms with Crippen molar-refractivity contribution in [3.63, 3.8) is 0 Å². The zero-order valence-electron chi connectivity index (χ0n) is 8.86. The lowest BCUT2D eigenvalue weighted by Gasteiger charge is -2.03. The third kappa shape index (κ3) is 2.70. The highest BCUT2D eigenvalue weighted by Gasteiger charge is 2.19. The van der Waals surface area contributed by atoms with Crippen molar-refractivity contribution in [1.29, 1.82) is 0 Å². The second kappa shape index (κ2) is 5.22. The van der Waals surface area contributed by atoms with Gasteiger partial charge in [0, 0.05) is 11.0 Å². The molecule has 1 heterocycles. The second-order valence-electron chi connectivity index (χ2n) is 3.30. The number of carbonyl (C=O) groups is 1. The number of carbonyl (C=O) groups excluding carboxylic acids is 1. The van der Waals surface area contributed by atoms with Gasteiger partial charge in [0.25, 0.3) is 5.95 Å². The van der Waals surface area contributed by atoms with Gasteiger partial charge in [0.15, 0.2) is 5.82 Å². The fraction of sp³-hybridized carbons (Fsp3) is 0. The van der Waals surface area contributed by atoms with Crippen molar-refractivity contribution in [2.24, 2.45) is 0 Å². The van der Waals surface area contributed by atoms with Gasteiger partial charge in [0.1, 0.15) is 0 Å². The molecule has 0 bridgehead atoms. The number of thioether (sulfide) groups is 1. The molecular formula is C12H6F3NOS. The van der Waals surface area contributed by atoms with Crippen LogP contribution >= 0.6 is 11.8 Å². The van der Waals surface area contributed by atoms with E-state index in [1.165, 1.54) is 0 Å². The summed E-state index contributed by atoms with van der Waals surface area (Å²) in [6.45, 7) is 0. The van der Waals surface area contributed by atoms with Gasteiger partial charge in [-0.2, -0.15) is 13.8 Å². The molecule has 1 aromatic carbocycles. The van der Waals surface area contributed by atoms with Crippen LogP contribution in [-0.2, 0) is 0 Å². The molecule has 0 spiro atoms. The molecule has 0 atom stereocenters. The van der Waals surface area contributed by atoms with Crippen LogP contribution in [0, 0.1) is 17.7 Å². The molecule has 0 aliphatic heterocycles. The largest absolute Gasteiger partial charge is 0.281 e. The smallest absolute Gasteiger partial charge is 0.252 e. The maximum Gasteiger partial charge on any atom is 0.252 e. The Labute approximate surface area is 105 Å². The van der Waals surface area contributed by atoms with Gasteiger partial charge in [-0.1, -0.05) is 18.2 Å². The van der Waals surface area contributed by atoms with E-state index in [1.807, 2.05) is 0 Å². The summed E-state index contributed by atoms with van der Waals surface area (Å²) >= 11 is 0.688. The summed E-state index contributed by atoms with van der Waals surface area (Å²) in [5, 5.41) is -0.779. The Morgan fingerprint density at radius 2 is 1.78 bits per heavy atom. The van der Waals surface area contributed by atoms with Crippen molar-refractivity contribution in [1.82, 2.24) is 4.98 Å². The van der Waals surface area contributed by atoms with E-state index in [-0.39, 0.29) is 0 Å². The van der Waals surface area contributed by atoms with Gasteiger partial charge >= 0.3 is 0 Å². The molecule has 1 aromatic heterocycles. The Balaban J connectivity index is 2.30. The van der Waals surface area contributed by atoms with Gasteiger partial charge in [-0.05, 0) is 23.9 Å². The lowest BCUT2D eigenvalue weighted by molar-refractivity contribution is 0.108. The van der Waals surface area contributed by atoms with Crippen LogP contribution in [0.2, 0.25) is 0 Å². The van der Waals surface area contributed by atoms with Crippen LogP contribution in [0.25, 0.3) is 0 Å². The molecule has 92 valence electrons. The highest BCUT2D eigenvalue weighted by atomic mass is 32.2. The van der Waals surface area contributed by atoms with E-state index in [0.717, 1.165) is 0 Å². The van der Waals surface area contributed by atoms with E-state index in [9.17, 15) is 18.0 Å². The number of halogens is 3. The first-order valence-corrected chi connectivity index (χ1v) is 5.68. The first-order valence-electron chi connectivity index (χ1n) is 4.86. The lowest BCUT2D eigenvalue weighted by atomic mass is 10.3. The van der Waals surface area contributed by atoms with Gasteiger partial charge in [-0.15, -0.1) is 0 Å². The first-order chi connectivity index (χ1) is 8.58. The molecular weight excluding hydrogens is 263 g/mol. The minimum Gasteiger partial charge on any atom is -0.281 e. The van der Waals surface area contributed by atoms with E-state index < -0.39 is 28.4 Å². The van der Waals surface area contributed by atoms with Crippen molar-refractivity contribution in [2.45, 2.75) is 4.90 Å². The Bertz CT molecular complexity index is 589.